The van der Waals surface area contributed by atoms with E-state index < -0.39 is 17.8 Å². The summed E-state index contributed by atoms with van der Waals surface area (Å²) in [7, 11) is 0. The van der Waals surface area contributed by atoms with E-state index >= 15 is 0 Å². The van der Waals surface area contributed by atoms with Gasteiger partial charge in [0.15, 0.2) is 0 Å². The van der Waals surface area contributed by atoms with Crippen molar-refractivity contribution in [3.63, 3.8) is 0 Å². The van der Waals surface area contributed by atoms with E-state index in [-0.39, 0.29) is 12.2 Å². The van der Waals surface area contributed by atoms with Gasteiger partial charge in [0.1, 0.15) is 11.6 Å². The van der Waals surface area contributed by atoms with Crippen LogP contribution in [0.25, 0.3) is 0 Å². The number of hydrogen-bond acceptors (Lipinski definition) is 4. The topological polar surface area (TPSA) is 53.9 Å². The summed E-state index contributed by atoms with van der Waals surface area (Å²) in [5, 5.41) is 6.59. The molecule has 1 amide bonds. The van der Waals surface area contributed by atoms with Crippen LogP contribution in [0, 0.1) is 11.6 Å². The molecule has 1 saturated heterocycles. The lowest BCUT2D eigenvalue weighted by atomic mass is 10.0. The molecule has 7 heteroatoms. The van der Waals surface area contributed by atoms with E-state index in [1.807, 2.05) is 0 Å². The number of anilines is 2. The Morgan fingerprint density at radius 3 is 2.70 bits per heavy atom. The number of oxime groups is 1. The zero-order valence-corrected chi connectivity index (χ0v) is 14.6. The minimum Gasteiger partial charge on any atom is -0.382 e. The van der Waals surface area contributed by atoms with Gasteiger partial charge in [-0.3, -0.25) is 4.79 Å². The van der Waals surface area contributed by atoms with Gasteiger partial charge < -0.3 is 15.1 Å². The predicted molar refractivity (Wildman–Crippen MR) is 98.9 cm³/mol. The van der Waals surface area contributed by atoms with Crippen LogP contribution in [0.3, 0.4) is 0 Å². The summed E-state index contributed by atoms with van der Waals surface area (Å²) in [5.74, 6) is -1.20. The summed E-state index contributed by atoms with van der Waals surface area (Å²) >= 11 is 0. The third kappa shape index (κ3) is 3.92. The number of rotatable bonds is 4. The van der Waals surface area contributed by atoms with E-state index in [1.165, 1.54) is 24.3 Å². The molecular formula is C20H19F2N3O2. The SMILES string of the molecule is O=C(Nc1cc(F)cc(N2CCCC2)c1)C1CC(c2cccc(F)c2)=NO1. The normalized spacial score (nSPS) is 19.0. The van der Waals surface area contributed by atoms with Crippen molar-refractivity contribution < 1.29 is 18.4 Å². The van der Waals surface area contributed by atoms with Crippen molar-refractivity contribution >= 4 is 23.0 Å². The number of carbonyl (C=O) groups excluding carboxylic acids is 1. The lowest BCUT2D eigenvalue weighted by Gasteiger charge is -2.19. The first kappa shape index (κ1) is 17.5. The molecule has 140 valence electrons. The van der Waals surface area contributed by atoms with Crippen LogP contribution in [0.4, 0.5) is 20.2 Å². The average molecular weight is 371 g/mol. The molecule has 2 aromatic carbocycles. The molecule has 1 unspecified atom stereocenters. The number of nitrogens with one attached hydrogen (secondary N) is 1. The highest BCUT2D eigenvalue weighted by molar-refractivity contribution is 6.06. The van der Waals surface area contributed by atoms with Crippen LogP contribution >= 0.6 is 0 Å². The van der Waals surface area contributed by atoms with Gasteiger partial charge in [0.05, 0.1) is 5.71 Å². The Kier molecular flexibility index (Phi) is 4.75. The van der Waals surface area contributed by atoms with Crippen LogP contribution in [0.1, 0.15) is 24.8 Å². The predicted octanol–water partition coefficient (Wildman–Crippen LogP) is 3.70. The highest BCUT2D eigenvalue weighted by Gasteiger charge is 2.29. The van der Waals surface area contributed by atoms with E-state index in [0.717, 1.165) is 31.6 Å². The fourth-order valence-corrected chi connectivity index (χ4v) is 3.38. The molecule has 1 N–H and O–H groups in total. The van der Waals surface area contributed by atoms with Gasteiger partial charge in [-0.1, -0.05) is 17.3 Å². The van der Waals surface area contributed by atoms with Gasteiger partial charge in [0.25, 0.3) is 5.91 Å². The quantitative estimate of drug-likeness (QED) is 0.892. The summed E-state index contributed by atoms with van der Waals surface area (Å²) in [4.78, 5) is 19.8. The second-order valence-electron chi connectivity index (χ2n) is 6.73. The van der Waals surface area contributed by atoms with E-state index in [1.54, 1.807) is 18.2 Å². The van der Waals surface area contributed by atoms with E-state index in [2.05, 4.69) is 15.4 Å². The van der Waals surface area contributed by atoms with E-state index in [9.17, 15) is 13.6 Å². The highest BCUT2D eigenvalue weighted by Crippen LogP contribution is 2.26. The second-order valence-corrected chi connectivity index (χ2v) is 6.73. The number of hydrogen-bond donors (Lipinski definition) is 1. The van der Waals surface area contributed by atoms with E-state index in [0.29, 0.717) is 17.0 Å². The average Bonchev–Trinajstić information content (AvgIpc) is 3.33. The Balaban J connectivity index is 1.43. The largest absolute Gasteiger partial charge is 0.382 e. The Labute approximate surface area is 155 Å². The molecule has 4 rings (SSSR count). The molecule has 2 aromatic rings. The standard InChI is InChI=1S/C20H19F2N3O2/c21-14-5-3-4-13(8-14)18-12-19(27-24-18)20(26)23-16-9-15(22)10-17(11-16)25-6-1-2-7-25/h3-5,8-11,19H,1-2,6-7,12H2,(H,23,26). The smallest absolute Gasteiger partial charge is 0.268 e. The first-order chi connectivity index (χ1) is 13.1. The minimum absolute atomic E-state index is 0.226. The van der Waals surface area contributed by atoms with Gasteiger partial charge in [-0.15, -0.1) is 0 Å². The lowest BCUT2D eigenvalue weighted by Crippen LogP contribution is -2.28. The molecule has 1 fully saturated rings. The number of amides is 1. The third-order valence-electron chi connectivity index (χ3n) is 4.74. The Morgan fingerprint density at radius 2 is 1.93 bits per heavy atom. The number of benzene rings is 2. The molecule has 1 atom stereocenters. The van der Waals surface area contributed by atoms with Crippen LogP contribution in [0.15, 0.2) is 47.6 Å². The van der Waals surface area contributed by atoms with Crippen molar-refractivity contribution in [3.05, 3.63) is 59.7 Å². The van der Waals surface area contributed by atoms with Crippen molar-refractivity contribution in [3.8, 4) is 0 Å². The van der Waals surface area contributed by atoms with Gasteiger partial charge in [0, 0.05) is 36.4 Å². The molecule has 0 bridgehead atoms. The third-order valence-corrected chi connectivity index (χ3v) is 4.74. The molecule has 5 nitrogen and oxygen atoms in total. The zero-order chi connectivity index (χ0) is 18.8. The maximum atomic E-state index is 14.0. The fraction of sp³-hybridized carbons (Fsp3) is 0.300. The van der Waals surface area contributed by atoms with E-state index in [4.69, 9.17) is 4.84 Å². The van der Waals surface area contributed by atoms with Crippen molar-refractivity contribution in [1.29, 1.82) is 0 Å². The summed E-state index contributed by atoms with van der Waals surface area (Å²) in [6, 6.07) is 10.5. The Bertz CT molecular complexity index is 895. The molecule has 2 heterocycles. The van der Waals surface area contributed by atoms with Crippen LogP contribution in [0.5, 0.6) is 0 Å². The lowest BCUT2D eigenvalue weighted by molar-refractivity contribution is -0.125. The molecule has 0 aliphatic carbocycles. The van der Waals surface area contributed by atoms with Gasteiger partial charge in [0.2, 0.25) is 6.10 Å². The van der Waals surface area contributed by atoms with Crippen LogP contribution in [0.2, 0.25) is 0 Å². The molecule has 0 radical (unpaired) electrons. The summed E-state index contributed by atoms with van der Waals surface area (Å²) in [6.45, 7) is 1.76. The summed E-state index contributed by atoms with van der Waals surface area (Å²) < 4.78 is 27.3. The van der Waals surface area contributed by atoms with Crippen LogP contribution < -0.4 is 10.2 Å². The fourth-order valence-electron chi connectivity index (χ4n) is 3.38. The van der Waals surface area contributed by atoms with Crippen molar-refractivity contribution in [1.82, 2.24) is 0 Å². The maximum absolute atomic E-state index is 14.0. The molecule has 0 spiro atoms. The molecule has 2 aliphatic rings. The molecule has 27 heavy (non-hydrogen) atoms. The Hall–Kier alpha value is -2.96. The van der Waals surface area contributed by atoms with Crippen LogP contribution in [-0.2, 0) is 9.63 Å². The van der Waals surface area contributed by atoms with Crippen molar-refractivity contribution in [2.24, 2.45) is 5.16 Å². The molecule has 2 aliphatic heterocycles. The molecule has 0 saturated carbocycles. The van der Waals surface area contributed by atoms with Gasteiger partial charge >= 0.3 is 0 Å². The monoisotopic (exact) mass is 371 g/mol. The number of nitrogens with zero attached hydrogens (tertiary/aromatic N) is 2. The minimum atomic E-state index is -0.832. The molecular weight excluding hydrogens is 352 g/mol. The first-order valence-corrected chi connectivity index (χ1v) is 8.93. The summed E-state index contributed by atoms with van der Waals surface area (Å²) in [5.41, 5.74) is 2.22. The highest BCUT2D eigenvalue weighted by atomic mass is 19.1. The number of carbonyl (C=O) groups is 1. The van der Waals surface area contributed by atoms with Crippen molar-refractivity contribution in [2.45, 2.75) is 25.4 Å². The maximum Gasteiger partial charge on any atom is 0.268 e. The Morgan fingerprint density at radius 1 is 1.11 bits per heavy atom. The second kappa shape index (κ2) is 7.34. The van der Waals surface area contributed by atoms with Crippen molar-refractivity contribution in [2.75, 3.05) is 23.3 Å². The number of halogens is 2. The van der Waals surface area contributed by atoms with Gasteiger partial charge in [-0.05, 0) is 43.2 Å². The summed E-state index contributed by atoms with van der Waals surface area (Å²) in [6.07, 6.45) is 1.55. The van der Waals surface area contributed by atoms with Crippen LogP contribution in [-0.4, -0.2) is 30.8 Å². The first-order valence-electron chi connectivity index (χ1n) is 8.93. The molecule has 0 aromatic heterocycles. The zero-order valence-electron chi connectivity index (χ0n) is 14.6. The van der Waals surface area contributed by atoms with Gasteiger partial charge in [-0.25, -0.2) is 8.78 Å². The van der Waals surface area contributed by atoms with Gasteiger partial charge in [-0.2, -0.15) is 0 Å².